The summed E-state index contributed by atoms with van der Waals surface area (Å²) in [6.45, 7) is 2.15. The van der Waals surface area contributed by atoms with Gasteiger partial charge in [0.1, 0.15) is 0 Å². The summed E-state index contributed by atoms with van der Waals surface area (Å²) in [4.78, 5) is 12.6. The monoisotopic (exact) mass is 358 g/mol. The first-order valence-electron chi connectivity index (χ1n) is 7.66. The molecule has 25 heavy (non-hydrogen) atoms. The molecule has 0 saturated heterocycles. The molecule has 3 N–H and O–H groups in total. The minimum atomic E-state index is -3.52. The molecule has 7 nitrogen and oxygen atoms in total. The molecule has 130 valence electrons. The second-order valence-electron chi connectivity index (χ2n) is 5.66. The van der Waals surface area contributed by atoms with Crippen LogP contribution in [0.25, 0.3) is 10.9 Å². The van der Waals surface area contributed by atoms with E-state index in [1.165, 1.54) is 19.2 Å². The quantitative estimate of drug-likeness (QED) is 0.646. The molecule has 0 bridgehead atoms. The molecule has 0 unspecified atom stereocenters. The SMILES string of the molecule is CNS(=O)(=O)c1cccc(CNC(=O)c2n[nH]c3ccc(C)cc23)c1. The minimum Gasteiger partial charge on any atom is -0.347 e. The van der Waals surface area contributed by atoms with Gasteiger partial charge >= 0.3 is 0 Å². The van der Waals surface area contributed by atoms with E-state index in [-0.39, 0.29) is 17.3 Å². The number of hydrogen-bond acceptors (Lipinski definition) is 4. The third kappa shape index (κ3) is 3.54. The van der Waals surface area contributed by atoms with Gasteiger partial charge < -0.3 is 5.32 Å². The summed E-state index contributed by atoms with van der Waals surface area (Å²) in [7, 11) is -2.16. The van der Waals surface area contributed by atoms with Crippen LogP contribution >= 0.6 is 0 Å². The van der Waals surface area contributed by atoms with E-state index >= 15 is 0 Å². The van der Waals surface area contributed by atoms with Gasteiger partial charge in [-0.1, -0.05) is 23.8 Å². The molecule has 3 rings (SSSR count). The predicted molar refractivity (Wildman–Crippen MR) is 94.7 cm³/mol. The fourth-order valence-electron chi connectivity index (χ4n) is 2.51. The summed E-state index contributed by atoms with van der Waals surface area (Å²) in [6, 6.07) is 12.1. The zero-order chi connectivity index (χ0) is 18.0. The van der Waals surface area contributed by atoms with E-state index in [1.54, 1.807) is 12.1 Å². The lowest BCUT2D eigenvalue weighted by atomic mass is 10.1. The number of rotatable bonds is 5. The molecule has 0 radical (unpaired) electrons. The lowest BCUT2D eigenvalue weighted by Gasteiger charge is -2.07. The third-order valence-electron chi connectivity index (χ3n) is 3.86. The predicted octanol–water partition coefficient (Wildman–Crippen LogP) is 1.71. The topological polar surface area (TPSA) is 104 Å². The van der Waals surface area contributed by atoms with Crippen molar-refractivity contribution < 1.29 is 13.2 Å². The minimum absolute atomic E-state index is 0.155. The number of carbonyl (C=O) groups is 1. The van der Waals surface area contributed by atoms with Crippen molar-refractivity contribution in [1.29, 1.82) is 0 Å². The van der Waals surface area contributed by atoms with E-state index in [2.05, 4.69) is 20.2 Å². The molecule has 2 aromatic carbocycles. The molecular formula is C17H18N4O3S. The molecular weight excluding hydrogens is 340 g/mol. The van der Waals surface area contributed by atoms with Gasteiger partial charge in [0.25, 0.3) is 5.91 Å². The molecule has 0 aliphatic rings. The van der Waals surface area contributed by atoms with E-state index in [9.17, 15) is 13.2 Å². The first kappa shape index (κ1) is 17.1. The summed E-state index contributed by atoms with van der Waals surface area (Å²) in [5.41, 5.74) is 2.82. The van der Waals surface area contributed by atoms with Crippen LogP contribution in [0.15, 0.2) is 47.4 Å². The number of sulfonamides is 1. The Labute approximate surface area is 145 Å². The van der Waals surface area contributed by atoms with E-state index < -0.39 is 10.0 Å². The van der Waals surface area contributed by atoms with Crippen LogP contribution in [0.2, 0.25) is 0 Å². The first-order chi connectivity index (χ1) is 11.9. The fraction of sp³-hybridized carbons (Fsp3) is 0.176. The molecule has 0 saturated carbocycles. The van der Waals surface area contributed by atoms with Gasteiger partial charge in [-0.25, -0.2) is 13.1 Å². The number of H-pyrrole nitrogens is 1. The van der Waals surface area contributed by atoms with Crippen LogP contribution in [0.5, 0.6) is 0 Å². The maximum absolute atomic E-state index is 12.4. The number of nitrogens with zero attached hydrogens (tertiary/aromatic N) is 1. The Morgan fingerprint density at radius 2 is 2.00 bits per heavy atom. The smallest absolute Gasteiger partial charge is 0.272 e. The Morgan fingerprint density at radius 1 is 1.20 bits per heavy atom. The number of aromatic amines is 1. The molecule has 8 heteroatoms. The molecule has 1 heterocycles. The van der Waals surface area contributed by atoms with Crippen LogP contribution in [0, 0.1) is 6.92 Å². The van der Waals surface area contributed by atoms with Gasteiger partial charge in [-0.15, -0.1) is 0 Å². The largest absolute Gasteiger partial charge is 0.347 e. The summed E-state index contributed by atoms with van der Waals surface area (Å²) in [5.74, 6) is -0.321. The first-order valence-corrected chi connectivity index (χ1v) is 9.14. The van der Waals surface area contributed by atoms with Gasteiger partial charge in [-0.05, 0) is 43.8 Å². The second-order valence-corrected chi connectivity index (χ2v) is 7.55. The second kappa shape index (κ2) is 6.66. The van der Waals surface area contributed by atoms with Crippen LogP contribution in [-0.4, -0.2) is 31.6 Å². The summed E-state index contributed by atoms with van der Waals surface area (Å²) >= 11 is 0. The number of aromatic nitrogens is 2. The Bertz CT molecular complexity index is 1040. The molecule has 0 atom stereocenters. The van der Waals surface area contributed by atoms with Gasteiger partial charge in [-0.2, -0.15) is 5.10 Å². The van der Waals surface area contributed by atoms with E-state index in [0.29, 0.717) is 11.3 Å². The van der Waals surface area contributed by atoms with Crippen molar-refractivity contribution >= 4 is 26.8 Å². The highest BCUT2D eigenvalue weighted by molar-refractivity contribution is 7.89. The molecule has 0 fully saturated rings. The Hall–Kier alpha value is -2.71. The van der Waals surface area contributed by atoms with Crippen molar-refractivity contribution in [3.05, 3.63) is 59.3 Å². The molecule has 1 amide bonds. The number of hydrogen-bond donors (Lipinski definition) is 3. The number of nitrogens with one attached hydrogen (secondary N) is 3. The molecule has 1 aromatic heterocycles. The maximum Gasteiger partial charge on any atom is 0.272 e. The molecule has 0 aliphatic carbocycles. The van der Waals surface area contributed by atoms with Gasteiger partial charge in [-0.3, -0.25) is 9.89 Å². The number of benzene rings is 2. The van der Waals surface area contributed by atoms with E-state index in [4.69, 9.17) is 0 Å². The summed E-state index contributed by atoms with van der Waals surface area (Å²) in [5, 5.41) is 10.4. The van der Waals surface area contributed by atoms with Crippen molar-refractivity contribution in [2.45, 2.75) is 18.4 Å². The fourth-order valence-corrected chi connectivity index (χ4v) is 3.31. The standard InChI is InChI=1S/C17H18N4O3S/c1-11-6-7-15-14(8-11)16(21-20-15)17(22)19-10-12-4-3-5-13(9-12)25(23,24)18-2/h3-9,18H,10H2,1-2H3,(H,19,22)(H,20,21). The number of aryl methyl sites for hydroxylation is 1. The molecule has 0 aliphatic heterocycles. The highest BCUT2D eigenvalue weighted by atomic mass is 32.2. The Kier molecular flexibility index (Phi) is 4.56. The van der Waals surface area contributed by atoms with Crippen LogP contribution in [0.4, 0.5) is 0 Å². The van der Waals surface area contributed by atoms with Crippen molar-refractivity contribution in [2.75, 3.05) is 7.05 Å². The normalized spacial score (nSPS) is 11.6. The summed E-state index contributed by atoms with van der Waals surface area (Å²) < 4.78 is 26.0. The highest BCUT2D eigenvalue weighted by Gasteiger charge is 2.15. The lowest BCUT2D eigenvalue weighted by Crippen LogP contribution is -2.24. The van der Waals surface area contributed by atoms with Crippen molar-refractivity contribution in [3.63, 3.8) is 0 Å². The average molecular weight is 358 g/mol. The van der Waals surface area contributed by atoms with Gasteiger partial charge in [0, 0.05) is 11.9 Å². The molecule has 3 aromatic rings. The summed E-state index contributed by atoms with van der Waals surface area (Å²) in [6.07, 6.45) is 0. The Balaban J connectivity index is 1.78. The van der Waals surface area contributed by atoms with Crippen molar-refractivity contribution in [3.8, 4) is 0 Å². The van der Waals surface area contributed by atoms with E-state index in [0.717, 1.165) is 16.5 Å². The number of amides is 1. The lowest BCUT2D eigenvalue weighted by molar-refractivity contribution is 0.0947. The van der Waals surface area contributed by atoms with Gasteiger partial charge in [0.15, 0.2) is 5.69 Å². The highest BCUT2D eigenvalue weighted by Crippen LogP contribution is 2.17. The molecule has 0 spiro atoms. The van der Waals surface area contributed by atoms with Crippen LogP contribution in [0.1, 0.15) is 21.6 Å². The van der Waals surface area contributed by atoms with Crippen molar-refractivity contribution in [1.82, 2.24) is 20.2 Å². The third-order valence-corrected chi connectivity index (χ3v) is 5.28. The van der Waals surface area contributed by atoms with Crippen molar-refractivity contribution in [2.24, 2.45) is 0 Å². The maximum atomic E-state index is 12.4. The van der Waals surface area contributed by atoms with Gasteiger partial charge in [0.05, 0.1) is 10.4 Å². The van der Waals surface area contributed by atoms with Crippen LogP contribution < -0.4 is 10.0 Å². The van der Waals surface area contributed by atoms with Crippen LogP contribution in [-0.2, 0) is 16.6 Å². The number of fused-ring (bicyclic) bond motifs is 1. The van der Waals surface area contributed by atoms with E-state index in [1.807, 2.05) is 25.1 Å². The average Bonchev–Trinajstić information content (AvgIpc) is 3.03. The zero-order valence-corrected chi connectivity index (χ0v) is 14.6. The Morgan fingerprint density at radius 3 is 2.76 bits per heavy atom. The van der Waals surface area contributed by atoms with Crippen LogP contribution in [0.3, 0.4) is 0 Å². The number of carbonyl (C=O) groups excluding carboxylic acids is 1. The zero-order valence-electron chi connectivity index (χ0n) is 13.8. The van der Waals surface area contributed by atoms with Gasteiger partial charge in [0.2, 0.25) is 10.0 Å².